The van der Waals surface area contributed by atoms with Gasteiger partial charge >= 0.3 is 0 Å². The third kappa shape index (κ3) is 5.41. The molecular formula is C16H27N7O2S. The van der Waals surface area contributed by atoms with Crippen LogP contribution in [0.25, 0.3) is 0 Å². The number of nitrogens with one attached hydrogen (secondary N) is 1. The van der Waals surface area contributed by atoms with Crippen LogP contribution in [0.1, 0.15) is 39.7 Å². The van der Waals surface area contributed by atoms with Gasteiger partial charge < -0.3 is 10.2 Å². The summed E-state index contributed by atoms with van der Waals surface area (Å²) in [5, 5.41) is 15.4. The number of tetrazole rings is 1. The minimum atomic E-state index is -0.220. The topological polar surface area (TPSA) is 96.2 Å². The predicted molar refractivity (Wildman–Crippen MR) is 97.7 cm³/mol. The molecule has 2 amide bonds. The van der Waals surface area contributed by atoms with Crippen LogP contribution in [0.15, 0.2) is 5.16 Å². The summed E-state index contributed by atoms with van der Waals surface area (Å²) in [5.74, 6) is 0.469. The fourth-order valence-electron chi connectivity index (χ4n) is 2.86. The molecule has 1 aromatic heterocycles. The van der Waals surface area contributed by atoms with Crippen molar-refractivity contribution < 1.29 is 9.59 Å². The predicted octanol–water partition coefficient (Wildman–Crippen LogP) is 0.159. The number of hydrogen-bond acceptors (Lipinski definition) is 7. The second-order valence-electron chi connectivity index (χ2n) is 7.88. The van der Waals surface area contributed by atoms with Crippen LogP contribution in [0.3, 0.4) is 0 Å². The highest BCUT2D eigenvalue weighted by Crippen LogP contribution is 2.36. The van der Waals surface area contributed by atoms with Crippen molar-refractivity contribution in [2.45, 2.75) is 50.4 Å². The van der Waals surface area contributed by atoms with Gasteiger partial charge in [0.15, 0.2) is 0 Å². The van der Waals surface area contributed by atoms with E-state index in [2.05, 4.69) is 25.7 Å². The van der Waals surface area contributed by atoms with Gasteiger partial charge in [-0.1, -0.05) is 11.8 Å². The van der Waals surface area contributed by atoms with Crippen LogP contribution in [-0.2, 0) is 9.59 Å². The second-order valence-corrected chi connectivity index (χ2v) is 8.82. The summed E-state index contributed by atoms with van der Waals surface area (Å²) in [6, 6.07) is 0.408. The second kappa shape index (κ2) is 7.91. The fraction of sp³-hybridized carbons (Fsp3) is 0.812. The Morgan fingerprint density at radius 3 is 2.50 bits per heavy atom. The van der Waals surface area contributed by atoms with Crippen molar-refractivity contribution in [3.63, 3.8) is 0 Å². The zero-order chi connectivity index (χ0) is 18.7. The van der Waals surface area contributed by atoms with E-state index in [0.29, 0.717) is 44.5 Å². The van der Waals surface area contributed by atoms with Crippen molar-refractivity contribution in [2.24, 2.45) is 0 Å². The van der Waals surface area contributed by atoms with E-state index in [1.807, 2.05) is 30.4 Å². The lowest BCUT2D eigenvalue weighted by Crippen LogP contribution is -2.53. The monoisotopic (exact) mass is 381 g/mol. The van der Waals surface area contributed by atoms with Gasteiger partial charge in [0.1, 0.15) is 0 Å². The fourth-order valence-corrected chi connectivity index (χ4v) is 3.71. The van der Waals surface area contributed by atoms with Crippen molar-refractivity contribution in [3.05, 3.63) is 0 Å². The lowest BCUT2D eigenvalue weighted by molar-refractivity contribution is -0.130. The Labute approximate surface area is 157 Å². The Hall–Kier alpha value is -1.68. The average Bonchev–Trinajstić information content (AvgIpc) is 3.30. The van der Waals surface area contributed by atoms with E-state index in [0.717, 1.165) is 18.0 Å². The first-order valence-corrected chi connectivity index (χ1v) is 10.0. The minimum absolute atomic E-state index is 0.0275. The van der Waals surface area contributed by atoms with Crippen LogP contribution in [0.5, 0.6) is 0 Å². The lowest BCUT2D eigenvalue weighted by Gasteiger charge is -2.34. The van der Waals surface area contributed by atoms with Gasteiger partial charge in [-0.3, -0.25) is 14.5 Å². The normalized spacial score (nSPS) is 18.8. The number of carbonyl (C=O) groups is 2. The van der Waals surface area contributed by atoms with Crippen LogP contribution >= 0.6 is 11.8 Å². The van der Waals surface area contributed by atoms with E-state index in [9.17, 15) is 9.59 Å². The van der Waals surface area contributed by atoms with Gasteiger partial charge in [-0.05, 0) is 44.0 Å². The Kier molecular flexibility index (Phi) is 5.81. The van der Waals surface area contributed by atoms with Gasteiger partial charge in [-0.25, -0.2) is 4.68 Å². The van der Waals surface area contributed by atoms with E-state index in [-0.39, 0.29) is 17.4 Å². The third-order valence-electron chi connectivity index (χ3n) is 4.29. The Morgan fingerprint density at radius 1 is 1.19 bits per heavy atom. The quantitative estimate of drug-likeness (QED) is 0.701. The number of hydrogen-bond donors (Lipinski definition) is 1. The molecule has 2 fully saturated rings. The molecule has 2 aliphatic rings. The molecule has 0 unspecified atom stereocenters. The Morgan fingerprint density at radius 2 is 1.88 bits per heavy atom. The standard InChI is InChI=1S/C16H27N7O2S/c1-16(2,3)17-13(24)10-21-6-8-22(9-7-21)14(25)11-26-15-18-19-20-23(15)12-4-5-12/h12H,4-11H2,1-3H3,(H,17,24). The summed E-state index contributed by atoms with van der Waals surface area (Å²) < 4.78 is 1.82. The number of nitrogens with zero attached hydrogens (tertiary/aromatic N) is 6. The maximum atomic E-state index is 12.4. The largest absolute Gasteiger partial charge is 0.350 e. The molecule has 1 saturated carbocycles. The number of thioether (sulfide) groups is 1. The van der Waals surface area contributed by atoms with Crippen molar-refractivity contribution in [3.8, 4) is 0 Å². The number of amides is 2. The zero-order valence-electron chi connectivity index (χ0n) is 15.6. The zero-order valence-corrected chi connectivity index (χ0v) is 16.5. The minimum Gasteiger partial charge on any atom is -0.350 e. The number of carbonyl (C=O) groups excluding carboxylic acids is 2. The molecule has 10 heteroatoms. The highest BCUT2D eigenvalue weighted by molar-refractivity contribution is 7.99. The molecule has 1 aromatic rings. The summed E-state index contributed by atoms with van der Waals surface area (Å²) in [6.45, 7) is 9.02. The van der Waals surface area contributed by atoms with Gasteiger partial charge in [0.05, 0.1) is 18.3 Å². The molecule has 0 atom stereocenters. The molecule has 1 saturated heterocycles. The number of aromatic nitrogens is 4. The van der Waals surface area contributed by atoms with Crippen molar-refractivity contribution in [2.75, 3.05) is 38.5 Å². The van der Waals surface area contributed by atoms with Crippen LogP contribution < -0.4 is 5.32 Å². The van der Waals surface area contributed by atoms with Gasteiger partial charge in [-0.2, -0.15) is 0 Å². The lowest BCUT2D eigenvalue weighted by atomic mass is 10.1. The molecule has 9 nitrogen and oxygen atoms in total. The summed E-state index contributed by atoms with van der Waals surface area (Å²) in [5.41, 5.74) is -0.220. The summed E-state index contributed by atoms with van der Waals surface area (Å²) in [6.07, 6.45) is 2.22. The first-order valence-electron chi connectivity index (χ1n) is 9.03. The summed E-state index contributed by atoms with van der Waals surface area (Å²) in [7, 11) is 0. The molecule has 2 heterocycles. The molecule has 26 heavy (non-hydrogen) atoms. The van der Waals surface area contributed by atoms with Crippen molar-refractivity contribution in [1.82, 2.24) is 35.3 Å². The van der Waals surface area contributed by atoms with Crippen LogP contribution in [-0.4, -0.2) is 85.8 Å². The van der Waals surface area contributed by atoms with E-state index >= 15 is 0 Å². The maximum absolute atomic E-state index is 12.4. The highest BCUT2D eigenvalue weighted by Gasteiger charge is 2.29. The number of rotatable bonds is 6. The van der Waals surface area contributed by atoms with Crippen molar-refractivity contribution >= 4 is 23.6 Å². The molecule has 0 aromatic carbocycles. The third-order valence-corrected chi connectivity index (χ3v) is 5.20. The molecule has 0 spiro atoms. The van der Waals surface area contributed by atoms with E-state index < -0.39 is 0 Å². The first kappa shape index (κ1) is 19.1. The van der Waals surface area contributed by atoms with Gasteiger partial charge in [0.2, 0.25) is 17.0 Å². The molecule has 0 bridgehead atoms. The van der Waals surface area contributed by atoms with Crippen LogP contribution in [0, 0.1) is 0 Å². The summed E-state index contributed by atoms with van der Waals surface area (Å²) >= 11 is 1.40. The highest BCUT2D eigenvalue weighted by atomic mass is 32.2. The molecule has 0 radical (unpaired) electrons. The van der Waals surface area contributed by atoms with Crippen molar-refractivity contribution in [1.29, 1.82) is 0 Å². The number of piperazine rings is 1. The Balaban J connectivity index is 1.39. The summed E-state index contributed by atoms with van der Waals surface area (Å²) in [4.78, 5) is 28.4. The molecule has 1 aliphatic heterocycles. The van der Waals surface area contributed by atoms with Gasteiger partial charge in [0.25, 0.3) is 0 Å². The van der Waals surface area contributed by atoms with E-state index in [1.165, 1.54) is 11.8 Å². The Bertz CT molecular complexity index is 645. The van der Waals surface area contributed by atoms with E-state index in [1.54, 1.807) is 0 Å². The SMILES string of the molecule is CC(C)(C)NC(=O)CN1CCN(C(=O)CSc2nnnn2C2CC2)CC1. The molecule has 1 aliphatic carbocycles. The average molecular weight is 382 g/mol. The molecule has 144 valence electrons. The maximum Gasteiger partial charge on any atom is 0.234 e. The van der Waals surface area contributed by atoms with Crippen LogP contribution in [0.2, 0.25) is 0 Å². The van der Waals surface area contributed by atoms with Gasteiger partial charge in [0, 0.05) is 31.7 Å². The molecule has 1 N–H and O–H groups in total. The van der Waals surface area contributed by atoms with E-state index in [4.69, 9.17) is 0 Å². The molecule has 3 rings (SSSR count). The van der Waals surface area contributed by atoms with Crippen LogP contribution in [0.4, 0.5) is 0 Å². The molecular weight excluding hydrogens is 354 g/mol. The smallest absolute Gasteiger partial charge is 0.234 e. The van der Waals surface area contributed by atoms with Gasteiger partial charge in [-0.15, -0.1) is 5.10 Å². The first-order chi connectivity index (χ1) is 12.3.